The van der Waals surface area contributed by atoms with E-state index in [0.717, 1.165) is 0 Å². The van der Waals surface area contributed by atoms with E-state index in [9.17, 15) is 4.79 Å². The van der Waals surface area contributed by atoms with Crippen molar-refractivity contribution in [2.45, 2.75) is 0 Å². The van der Waals surface area contributed by atoms with Gasteiger partial charge in [0.2, 0.25) is 5.95 Å². The van der Waals surface area contributed by atoms with Crippen molar-refractivity contribution in [2.24, 2.45) is 0 Å². The number of nitrogens with two attached hydrogens (primary N) is 2. The largest absolute Gasteiger partial charge is 0.398 e. The minimum Gasteiger partial charge on any atom is -0.398 e. The van der Waals surface area contributed by atoms with Gasteiger partial charge in [-0.15, -0.1) is 10.2 Å². The van der Waals surface area contributed by atoms with Gasteiger partial charge in [-0.1, -0.05) is 18.2 Å². The third kappa shape index (κ3) is 1.39. The van der Waals surface area contributed by atoms with Gasteiger partial charge in [0.15, 0.2) is 5.69 Å². The van der Waals surface area contributed by atoms with E-state index >= 15 is 0 Å². The van der Waals surface area contributed by atoms with Crippen molar-refractivity contribution in [3.8, 4) is 11.3 Å². The van der Waals surface area contributed by atoms with Gasteiger partial charge in [0, 0.05) is 11.3 Å². The molecule has 2 heterocycles. The van der Waals surface area contributed by atoms with Gasteiger partial charge in [-0.25, -0.2) is 0 Å². The van der Waals surface area contributed by atoms with E-state index in [1.807, 2.05) is 0 Å². The molecule has 3 rings (SSSR count). The zero-order valence-electron chi connectivity index (χ0n) is 9.16. The zero-order valence-corrected chi connectivity index (χ0v) is 9.16. The third-order valence-corrected chi connectivity index (χ3v) is 2.52. The van der Waals surface area contributed by atoms with Crippen LogP contribution in [-0.4, -0.2) is 24.8 Å². The number of nitrogens with zero attached hydrogens (tertiary/aromatic N) is 4. The van der Waals surface area contributed by atoms with Gasteiger partial charge in [0.25, 0.3) is 11.3 Å². The first-order valence-corrected chi connectivity index (χ1v) is 5.13. The van der Waals surface area contributed by atoms with Gasteiger partial charge in [0.05, 0.1) is 0 Å². The highest BCUT2D eigenvalue weighted by atomic mass is 16.1. The molecule has 0 aliphatic carbocycles. The fourth-order valence-corrected chi connectivity index (χ4v) is 1.66. The Hall–Kier alpha value is -2.90. The van der Waals surface area contributed by atoms with Gasteiger partial charge in [-0.2, -0.15) is 9.61 Å². The lowest BCUT2D eigenvalue weighted by molar-refractivity contribution is 0.902. The van der Waals surface area contributed by atoms with Crippen LogP contribution in [0.3, 0.4) is 0 Å². The summed E-state index contributed by atoms with van der Waals surface area (Å²) < 4.78 is 1.25. The molecule has 90 valence electrons. The summed E-state index contributed by atoms with van der Waals surface area (Å²) in [4.78, 5) is 14.4. The number of benzene rings is 1. The average Bonchev–Trinajstić information content (AvgIpc) is 2.70. The number of fused-ring (bicyclic) bond motifs is 1. The number of hydrogen-bond acceptors (Lipinski definition) is 6. The number of H-pyrrole nitrogens is 1. The maximum atomic E-state index is 11.9. The molecule has 0 aliphatic heterocycles. The molecule has 2 aromatic heterocycles. The summed E-state index contributed by atoms with van der Waals surface area (Å²) in [5.74, 6) is 0.285. The fourth-order valence-electron chi connectivity index (χ4n) is 1.66. The van der Waals surface area contributed by atoms with Crippen LogP contribution in [-0.2, 0) is 0 Å². The molecule has 0 spiro atoms. The second-order valence-corrected chi connectivity index (χ2v) is 3.68. The molecule has 3 aromatic rings. The molecule has 0 atom stereocenters. The summed E-state index contributed by atoms with van der Waals surface area (Å²) in [6.45, 7) is 0. The first-order chi connectivity index (χ1) is 8.66. The molecule has 0 saturated carbocycles. The number of anilines is 2. The van der Waals surface area contributed by atoms with Gasteiger partial charge in [-0.3, -0.25) is 9.78 Å². The van der Waals surface area contributed by atoms with Crippen LogP contribution in [0.15, 0.2) is 29.1 Å². The molecule has 8 heteroatoms. The molecular weight excluding hydrogens is 234 g/mol. The Labute approximate surface area is 100 Å². The average molecular weight is 243 g/mol. The van der Waals surface area contributed by atoms with E-state index in [4.69, 9.17) is 11.5 Å². The number of aromatic amines is 1. The van der Waals surface area contributed by atoms with E-state index < -0.39 is 5.56 Å². The van der Waals surface area contributed by atoms with Crippen LogP contribution in [0.1, 0.15) is 0 Å². The van der Waals surface area contributed by atoms with Gasteiger partial charge >= 0.3 is 0 Å². The molecule has 5 N–H and O–H groups in total. The second kappa shape index (κ2) is 3.55. The standard InChI is InChI=1S/C10H9N7O/c11-6-4-2-1-3-5(6)7-8(18)13-10-15-14-9(12)17(10)16-7/h1-4H,11H2,(H2,12,14)(H,13,15,18). The van der Waals surface area contributed by atoms with Crippen LogP contribution < -0.4 is 17.0 Å². The molecule has 0 saturated heterocycles. The Bertz CT molecular complexity index is 788. The van der Waals surface area contributed by atoms with E-state index in [1.54, 1.807) is 24.3 Å². The number of hydrogen-bond donors (Lipinski definition) is 3. The summed E-state index contributed by atoms with van der Waals surface area (Å²) in [6.07, 6.45) is 0. The van der Waals surface area contributed by atoms with Crippen molar-refractivity contribution < 1.29 is 0 Å². The summed E-state index contributed by atoms with van der Waals surface area (Å²) >= 11 is 0. The Balaban J connectivity index is 2.36. The Morgan fingerprint density at radius 3 is 2.72 bits per heavy atom. The summed E-state index contributed by atoms with van der Waals surface area (Å²) in [5, 5.41) is 11.4. The maximum Gasteiger partial charge on any atom is 0.279 e. The highest BCUT2D eigenvalue weighted by Gasteiger charge is 2.12. The van der Waals surface area contributed by atoms with E-state index in [-0.39, 0.29) is 17.4 Å². The van der Waals surface area contributed by atoms with Gasteiger partial charge in [-0.05, 0) is 6.07 Å². The monoisotopic (exact) mass is 243 g/mol. The van der Waals surface area contributed by atoms with Gasteiger partial charge in [0.1, 0.15) is 0 Å². The Kier molecular flexibility index (Phi) is 2.03. The molecule has 0 unspecified atom stereocenters. The van der Waals surface area contributed by atoms with E-state index in [2.05, 4.69) is 20.3 Å². The van der Waals surface area contributed by atoms with Crippen molar-refractivity contribution in [1.29, 1.82) is 0 Å². The van der Waals surface area contributed by atoms with Crippen LogP contribution in [0.4, 0.5) is 11.6 Å². The highest BCUT2D eigenvalue weighted by Crippen LogP contribution is 2.20. The fraction of sp³-hybridized carbons (Fsp3) is 0. The highest BCUT2D eigenvalue weighted by molar-refractivity contribution is 5.72. The molecule has 0 amide bonds. The number of aromatic nitrogens is 5. The summed E-state index contributed by atoms with van der Waals surface area (Å²) in [7, 11) is 0. The Morgan fingerprint density at radius 2 is 1.94 bits per heavy atom. The minimum atomic E-state index is -0.396. The molecule has 1 aromatic carbocycles. The van der Waals surface area contributed by atoms with Crippen LogP contribution in [0.25, 0.3) is 17.0 Å². The molecule has 18 heavy (non-hydrogen) atoms. The molecule has 8 nitrogen and oxygen atoms in total. The first kappa shape index (κ1) is 10.3. The molecular formula is C10H9N7O. The normalized spacial score (nSPS) is 10.9. The molecule has 0 aliphatic rings. The predicted molar refractivity (Wildman–Crippen MR) is 65.7 cm³/mol. The summed E-state index contributed by atoms with van der Waals surface area (Å²) in [5.41, 5.74) is 12.2. The zero-order chi connectivity index (χ0) is 12.7. The van der Waals surface area contributed by atoms with Crippen molar-refractivity contribution in [2.75, 3.05) is 11.5 Å². The van der Waals surface area contributed by atoms with Crippen molar-refractivity contribution in [1.82, 2.24) is 24.8 Å². The van der Waals surface area contributed by atoms with Crippen LogP contribution >= 0.6 is 0 Å². The number of para-hydroxylation sites is 1. The van der Waals surface area contributed by atoms with Crippen molar-refractivity contribution in [3.63, 3.8) is 0 Å². The van der Waals surface area contributed by atoms with Crippen LogP contribution in [0.5, 0.6) is 0 Å². The number of nitrogens with one attached hydrogen (secondary N) is 1. The minimum absolute atomic E-state index is 0.0944. The van der Waals surface area contributed by atoms with Gasteiger partial charge < -0.3 is 11.5 Å². The Morgan fingerprint density at radius 1 is 1.17 bits per heavy atom. The maximum absolute atomic E-state index is 11.9. The van der Waals surface area contributed by atoms with Crippen molar-refractivity contribution in [3.05, 3.63) is 34.6 Å². The lowest BCUT2D eigenvalue weighted by Gasteiger charge is -2.03. The SMILES string of the molecule is Nc1ccccc1-c1nn2c(N)nnc2[nH]c1=O. The third-order valence-electron chi connectivity index (χ3n) is 2.52. The van der Waals surface area contributed by atoms with E-state index in [0.29, 0.717) is 11.3 Å². The topological polar surface area (TPSA) is 128 Å². The lowest BCUT2D eigenvalue weighted by Crippen LogP contribution is -2.16. The number of rotatable bonds is 1. The van der Waals surface area contributed by atoms with E-state index in [1.165, 1.54) is 4.52 Å². The quantitative estimate of drug-likeness (QED) is 0.501. The predicted octanol–water partition coefficient (Wildman–Crippen LogP) is -0.356. The number of nitrogen functional groups attached to an aromatic ring is 2. The molecule has 0 radical (unpaired) electrons. The summed E-state index contributed by atoms with van der Waals surface area (Å²) in [6, 6.07) is 6.95. The molecule has 0 fully saturated rings. The smallest absolute Gasteiger partial charge is 0.279 e. The van der Waals surface area contributed by atoms with Crippen molar-refractivity contribution >= 4 is 17.4 Å². The first-order valence-electron chi connectivity index (χ1n) is 5.13. The van der Waals surface area contributed by atoms with Crippen LogP contribution in [0, 0.1) is 0 Å². The molecule has 0 bridgehead atoms. The lowest BCUT2D eigenvalue weighted by atomic mass is 10.1. The van der Waals surface area contributed by atoms with Crippen LogP contribution in [0.2, 0.25) is 0 Å². The second-order valence-electron chi connectivity index (χ2n) is 3.68.